The third-order valence-electron chi connectivity index (χ3n) is 4.24. The van der Waals surface area contributed by atoms with Crippen LogP contribution in [0, 0.1) is 11.8 Å². The predicted octanol–water partition coefficient (Wildman–Crippen LogP) is 3.80. The molecule has 1 fully saturated rings. The Morgan fingerprint density at radius 3 is 3.05 bits per heavy atom. The van der Waals surface area contributed by atoms with E-state index in [1.165, 1.54) is 0 Å². The van der Waals surface area contributed by atoms with Crippen molar-refractivity contribution in [3.63, 3.8) is 0 Å². The maximum atomic E-state index is 11.2. The quantitative estimate of drug-likeness (QED) is 0.902. The maximum absolute atomic E-state index is 11.2. The van der Waals surface area contributed by atoms with Gasteiger partial charge in [-0.15, -0.1) is 0 Å². The Bertz CT molecular complexity index is 674. The average molecular weight is 305 g/mol. The summed E-state index contributed by atoms with van der Waals surface area (Å²) in [4.78, 5) is 15.5. The second-order valence-electron chi connectivity index (χ2n) is 5.54. The molecule has 0 radical (unpaired) electrons. The maximum Gasteiger partial charge on any atom is 0.306 e. The lowest BCUT2D eigenvalue weighted by Crippen LogP contribution is -2.24. The molecule has 2 atom stereocenters. The number of halogens is 1. The zero-order chi connectivity index (χ0) is 14.8. The molecule has 1 aliphatic rings. The molecule has 3 rings (SSSR count). The van der Waals surface area contributed by atoms with Crippen molar-refractivity contribution in [1.29, 1.82) is 0 Å². The molecule has 110 valence electrons. The van der Waals surface area contributed by atoms with Gasteiger partial charge in [-0.3, -0.25) is 9.78 Å². The number of carboxylic acids is 1. The molecule has 2 N–H and O–H groups in total. The molecule has 0 bridgehead atoms. The molecule has 1 aromatic heterocycles. The number of anilines is 1. The van der Waals surface area contributed by atoms with Gasteiger partial charge >= 0.3 is 5.97 Å². The molecular weight excluding hydrogens is 288 g/mol. The van der Waals surface area contributed by atoms with Gasteiger partial charge in [0.15, 0.2) is 0 Å². The minimum Gasteiger partial charge on any atom is -0.481 e. The molecule has 1 heterocycles. The van der Waals surface area contributed by atoms with Crippen LogP contribution < -0.4 is 5.32 Å². The number of carboxylic acid groups (broad SMARTS) is 1. The van der Waals surface area contributed by atoms with Gasteiger partial charge in [0.2, 0.25) is 0 Å². The zero-order valence-corrected chi connectivity index (χ0v) is 12.3. The summed E-state index contributed by atoms with van der Waals surface area (Å²) in [6, 6.07) is 7.53. The Hall–Kier alpha value is -1.81. The van der Waals surface area contributed by atoms with E-state index in [4.69, 9.17) is 11.6 Å². The second-order valence-corrected chi connectivity index (χ2v) is 5.97. The summed E-state index contributed by atoms with van der Waals surface area (Å²) in [5.41, 5.74) is 1.82. The van der Waals surface area contributed by atoms with E-state index in [9.17, 15) is 9.90 Å². The van der Waals surface area contributed by atoms with E-state index < -0.39 is 5.97 Å². The molecule has 4 nitrogen and oxygen atoms in total. The number of aromatic nitrogens is 1. The summed E-state index contributed by atoms with van der Waals surface area (Å²) in [6.45, 7) is 0.679. The third kappa shape index (κ3) is 2.95. The van der Waals surface area contributed by atoms with Gasteiger partial charge in [0.05, 0.1) is 11.4 Å². The fraction of sp³-hybridized carbons (Fsp3) is 0.375. The Morgan fingerprint density at radius 2 is 2.24 bits per heavy atom. The number of nitrogens with one attached hydrogen (secondary N) is 1. The highest BCUT2D eigenvalue weighted by Gasteiger charge is 2.32. The van der Waals surface area contributed by atoms with Gasteiger partial charge in [-0.05, 0) is 43.0 Å². The molecule has 1 aromatic carbocycles. The lowest BCUT2D eigenvalue weighted by Gasteiger charge is -2.18. The van der Waals surface area contributed by atoms with Crippen molar-refractivity contribution in [1.82, 2.24) is 4.98 Å². The van der Waals surface area contributed by atoms with Crippen LogP contribution in [0.15, 0.2) is 30.5 Å². The van der Waals surface area contributed by atoms with Gasteiger partial charge in [0.1, 0.15) is 0 Å². The normalized spacial score (nSPS) is 21.6. The van der Waals surface area contributed by atoms with Crippen LogP contribution in [0.4, 0.5) is 5.69 Å². The number of hydrogen-bond acceptors (Lipinski definition) is 3. The molecule has 5 heteroatoms. The van der Waals surface area contributed by atoms with Gasteiger partial charge in [0, 0.05) is 28.8 Å². The fourth-order valence-corrected chi connectivity index (χ4v) is 3.29. The highest BCUT2D eigenvalue weighted by molar-refractivity contribution is 6.31. The number of rotatable bonds is 4. The highest BCUT2D eigenvalue weighted by Crippen LogP contribution is 2.33. The number of nitrogens with zero attached hydrogens (tertiary/aromatic N) is 1. The first-order chi connectivity index (χ1) is 10.1. The first-order valence-electron chi connectivity index (χ1n) is 7.16. The molecule has 0 aliphatic heterocycles. The first-order valence-corrected chi connectivity index (χ1v) is 7.54. The summed E-state index contributed by atoms with van der Waals surface area (Å²) >= 11 is 5.98. The Labute approximate surface area is 128 Å². The second kappa shape index (κ2) is 5.90. The van der Waals surface area contributed by atoms with Gasteiger partial charge in [0.25, 0.3) is 0 Å². The zero-order valence-electron chi connectivity index (χ0n) is 11.6. The SMILES string of the molecule is O=C(O)C1CCCC1CNc1ccnc2cc(Cl)ccc12. The van der Waals surface area contributed by atoms with E-state index in [1.807, 2.05) is 24.3 Å². The highest BCUT2D eigenvalue weighted by atomic mass is 35.5. The number of benzene rings is 1. The Balaban J connectivity index is 1.78. The first kappa shape index (κ1) is 14.1. The minimum atomic E-state index is -0.675. The predicted molar refractivity (Wildman–Crippen MR) is 83.7 cm³/mol. The van der Waals surface area contributed by atoms with Crippen LogP contribution in [0.2, 0.25) is 5.02 Å². The van der Waals surface area contributed by atoms with Crippen molar-refractivity contribution in [2.24, 2.45) is 11.8 Å². The topological polar surface area (TPSA) is 62.2 Å². The van der Waals surface area contributed by atoms with Crippen molar-refractivity contribution in [3.05, 3.63) is 35.5 Å². The summed E-state index contributed by atoms with van der Waals surface area (Å²) in [5.74, 6) is -0.705. The van der Waals surface area contributed by atoms with Gasteiger partial charge in [-0.2, -0.15) is 0 Å². The summed E-state index contributed by atoms with van der Waals surface area (Å²) < 4.78 is 0. The molecule has 21 heavy (non-hydrogen) atoms. The van der Waals surface area contributed by atoms with Gasteiger partial charge in [-0.1, -0.05) is 18.0 Å². The van der Waals surface area contributed by atoms with E-state index in [2.05, 4.69) is 10.3 Å². The van der Waals surface area contributed by atoms with Gasteiger partial charge in [-0.25, -0.2) is 0 Å². The van der Waals surface area contributed by atoms with Crippen molar-refractivity contribution >= 4 is 34.2 Å². The van der Waals surface area contributed by atoms with Crippen LogP contribution in [-0.2, 0) is 4.79 Å². The third-order valence-corrected chi connectivity index (χ3v) is 4.47. The number of hydrogen-bond donors (Lipinski definition) is 2. The molecule has 2 unspecified atom stereocenters. The lowest BCUT2D eigenvalue weighted by atomic mass is 9.96. The van der Waals surface area contributed by atoms with Crippen molar-refractivity contribution in [3.8, 4) is 0 Å². The molecule has 0 saturated heterocycles. The summed E-state index contributed by atoms with van der Waals surface area (Å²) in [7, 11) is 0. The standard InChI is InChI=1S/C16H17ClN2O2/c17-11-4-5-13-14(6-7-18-15(13)8-11)19-9-10-2-1-3-12(10)16(20)21/h4-8,10,12H,1-3,9H2,(H,18,19)(H,20,21). The lowest BCUT2D eigenvalue weighted by molar-refractivity contribution is -0.142. The molecule has 0 spiro atoms. The molecule has 0 amide bonds. The van der Waals surface area contributed by atoms with E-state index in [-0.39, 0.29) is 11.8 Å². The van der Waals surface area contributed by atoms with E-state index in [0.717, 1.165) is 35.9 Å². The monoisotopic (exact) mass is 304 g/mol. The molecule has 1 saturated carbocycles. The Morgan fingerprint density at radius 1 is 1.38 bits per heavy atom. The van der Waals surface area contributed by atoms with Gasteiger partial charge < -0.3 is 10.4 Å². The van der Waals surface area contributed by atoms with Crippen molar-refractivity contribution in [2.45, 2.75) is 19.3 Å². The van der Waals surface area contributed by atoms with E-state index in [0.29, 0.717) is 11.6 Å². The van der Waals surface area contributed by atoms with Crippen LogP contribution >= 0.6 is 11.6 Å². The number of carbonyl (C=O) groups is 1. The van der Waals surface area contributed by atoms with E-state index in [1.54, 1.807) is 6.20 Å². The largest absolute Gasteiger partial charge is 0.481 e. The van der Waals surface area contributed by atoms with Crippen molar-refractivity contribution < 1.29 is 9.90 Å². The fourth-order valence-electron chi connectivity index (χ4n) is 3.12. The van der Waals surface area contributed by atoms with Crippen LogP contribution in [0.5, 0.6) is 0 Å². The number of pyridine rings is 1. The number of aliphatic carboxylic acids is 1. The summed E-state index contributed by atoms with van der Waals surface area (Å²) in [5, 5.41) is 14.3. The molecule has 2 aromatic rings. The molecule has 1 aliphatic carbocycles. The van der Waals surface area contributed by atoms with Crippen LogP contribution in [0.25, 0.3) is 10.9 Å². The van der Waals surface area contributed by atoms with Crippen LogP contribution in [-0.4, -0.2) is 22.6 Å². The van der Waals surface area contributed by atoms with Crippen molar-refractivity contribution in [2.75, 3.05) is 11.9 Å². The van der Waals surface area contributed by atoms with Crippen LogP contribution in [0.1, 0.15) is 19.3 Å². The summed E-state index contributed by atoms with van der Waals surface area (Å²) in [6.07, 6.45) is 4.49. The number of fused-ring (bicyclic) bond motifs is 1. The Kier molecular flexibility index (Phi) is 3.97. The average Bonchev–Trinajstić information content (AvgIpc) is 2.93. The minimum absolute atomic E-state index is 0.193. The smallest absolute Gasteiger partial charge is 0.306 e. The van der Waals surface area contributed by atoms with E-state index >= 15 is 0 Å². The molecular formula is C16H17ClN2O2. The van der Waals surface area contributed by atoms with Crippen LogP contribution in [0.3, 0.4) is 0 Å².